The quantitative estimate of drug-likeness (QED) is 0.745. The number of aromatic nitrogens is 1. The maximum absolute atomic E-state index is 12.8. The van der Waals surface area contributed by atoms with Gasteiger partial charge in [-0.3, -0.25) is 14.5 Å². The van der Waals surface area contributed by atoms with Crippen LogP contribution in [-0.4, -0.2) is 79.7 Å². The van der Waals surface area contributed by atoms with Crippen molar-refractivity contribution in [2.75, 3.05) is 43.5 Å². The molecule has 2 bridgehead atoms. The van der Waals surface area contributed by atoms with Gasteiger partial charge < -0.3 is 20.4 Å². The number of nitrogens with one attached hydrogen (secondary N) is 2. The van der Waals surface area contributed by atoms with Crippen LogP contribution in [0.5, 0.6) is 0 Å². The van der Waals surface area contributed by atoms with Crippen LogP contribution in [-0.2, 0) is 4.79 Å². The van der Waals surface area contributed by atoms with Crippen molar-refractivity contribution in [1.82, 2.24) is 20.5 Å². The molecule has 1 unspecified atom stereocenters. The molecule has 2 N–H and O–H groups in total. The maximum Gasteiger partial charge on any atom is 0.408 e. The number of carbonyl (C=O) groups excluding carboxylic acids is 3. The second kappa shape index (κ2) is 8.00. The minimum Gasteiger partial charge on any atom is -0.366 e. The van der Waals surface area contributed by atoms with Gasteiger partial charge in [0.05, 0.1) is 18.3 Å². The molecule has 12 heteroatoms. The van der Waals surface area contributed by atoms with Gasteiger partial charge in [0.15, 0.2) is 5.82 Å². The van der Waals surface area contributed by atoms with E-state index in [2.05, 4.69) is 10.3 Å². The summed E-state index contributed by atoms with van der Waals surface area (Å²) < 4.78 is 38.3. The van der Waals surface area contributed by atoms with Gasteiger partial charge in [-0.1, -0.05) is 0 Å². The van der Waals surface area contributed by atoms with Crippen molar-refractivity contribution in [1.29, 1.82) is 0 Å². The Labute approximate surface area is 171 Å². The molecule has 2 aliphatic heterocycles. The van der Waals surface area contributed by atoms with Gasteiger partial charge in [-0.15, -0.1) is 0 Å². The summed E-state index contributed by atoms with van der Waals surface area (Å²) in [4.78, 5) is 45.8. The zero-order chi connectivity index (χ0) is 22.2. The topological polar surface area (TPSA) is 97.9 Å². The number of nitrogens with zero attached hydrogens (tertiary/aromatic N) is 4. The zero-order valence-electron chi connectivity index (χ0n) is 16.8. The number of amides is 4. The lowest BCUT2D eigenvalue weighted by Crippen LogP contribution is -2.52. The van der Waals surface area contributed by atoms with Crippen molar-refractivity contribution < 1.29 is 27.6 Å². The first-order valence-electron chi connectivity index (χ1n) is 9.40. The van der Waals surface area contributed by atoms with E-state index in [0.29, 0.717) is 25.2 Å². The van der Waals surface area contributed by atoms with Crippen LogP contribution in [0.4, 0.5) is 29.5 Å². The number of rotatable bonds is 4. The van der Waals surface area contributed by atoms with Crippen LogP contribution in [0.1, 0.15) is 23.8 Å². The average molecular weight is 428 g/mol. The Hall–Kier alpha value is -3.05. The molecule has 1 fully saturated rings. The number of urea groups is 1. The minimum absolute atomic E-state index is 0.186. The monoisotopic (exact) mass is 428 g/mol. The normalized spacial score (nSPS) is 18.5. The third-order valence-corrected chi connectivity index (χ3v) is 5.13. The molecule has 2 atom stereocenters. The highest BCUT2D eigenvalue weighted by Gasteiger charge is 2.41. The number of anilines is 2. The largest absolute Gasteiger partial charge is 0.408 e. The van der Waals surface area contributed by atoms with Crippen LogP contribution in [0.2, 0.25) is 0 Å². The van der Waals surface area contributed by atoms with Crippen molar-refractivity contribution in [3.63, 3.8) is 0 Å². The molecule has 3 rings (SSSR count). The van der Waals surface area contributed by atoms with Crippen LogP contribution in [0.15, 0.2) is 12.1 Å². The van der Waals surface area contributed by atoms with Crippen molar-refractivity contribution in [2.45, 2.75) is 31.6 Å². The highest BCUT2D eigenvalue weighted by Crippen LogP contribution is 2.38. The highest BCUT2D eigenvalue weighted by molar-refractivity contribution is 6.00. The van der Waals surface area contributed by atoms with Crippen molar-refractivity contribution in [2.24, 2.45) is 0 Å². The van der Waals surface area contributed by atoms with Crippen LogP contribution in [0.3, 0.4) is 0 Å². The lowest BCUT2D eigenvalue weighted by Gasteiger charge is -2.35. The molecule has 1 aromatic heterocycles. The first-order valence-corrected chi connectivity index (χ1v) is 9.40. The number of hydrogen-bond donors (Lipinski definition) is 2. The molecule has 3 heterocycles. The molecule has 9 nitrogen and oxygen atoms in total. The predicted molar refractivity (Wildman–Crippen MR) is 102 cm³/mol. The van der Waals surface area contributed by atoms with Gasteiger partial charge in [-0.05, 0) is 25.5 Å². The van der Waals surface area contributed by atoms with E-state index in [-0.39, 0.29) is 30.0 Å². The fraction of sp³-hybridized carbons (Fsp3) is 0.556. The second-order valence-corrected chi connectivity index (χ2v) is 7.48. The van der Waals surface area contributed by atoms with Gasteiger partial charge in [-0.2, -0.15) is 13.2 Å². The SMILES string of the molecule is CC(NC(=O)c1ccc2c(n1)N(C(=O)NCC(=O)N(C)C)[C@H]1CCN2C1)C(F)(F)F. The number of alkyl halides is 3. The van der Waals surface area contributed by atoms with Gasteiger partial charge in [0.2, 0.25) is 5.91 Å². The first-order chi connectivity index (χ1) is 14.0. The molecule has 4 amide bonds. The molecule has 0 aliphatic carbocycles. The smallest absolute Gasteiger partial charge is 0.366 e. The summed E-state index contributed by atoms with van der Waals surface area (Å²) in [6, 6.07) is 0.0990. The van der Waals surface area contributed by atoms with E-state index in [0.717, 1.165) is 6.92 Å². The molecule has 2 aliphatic rings. The summed E-state index contributed by atoms with van der Waals surface area (Å²) in [6.45, 7) is 1.87. The average Bonchev–Trinajstić information content (AvgIpc) is 3.09. The molecule has 1 saturated heterocycles. The maximum atomic E-state index is 12.8. The number of fused-ring (bicyclic) bond motifs is 4. The Morgan fingerprint density at radius 1 is 1.30 bits per heavy atom. The lowest BCUT2D eigenvalue weighted by atomic mass is 10.1. The second-order valence-electron chi connectivity index (χ2n) is 7.48. The Morgan fingerprint density at radius 3 is 2.63 bits per heavy atom. The summed E-state index contributed by atoms with van der Waals surface area (Å²) in [6.07, 6.45) is -3.92. The first kappa shape index (κ1) is 21.7. The lowest BCUT2D eigenvalue weighted by molar-refractivity contribution is -0.149. The number of carbonyl (C=O) groups is 3. The summed E-state index contributed by atoms with van der Waals surface area (Å²) in [5, 5.41) is 4.41. The van der Waals surface area contributed by atoms with Gasteiger partial charge in [0, 0.05) is 27.2 Å². The van der Waals surface area contributed by atoms with E-state index in [1.165, 1.54) is 15.9 Å². The van der Waals surface area contributed by atoms with Crippen LogP contribution < -0.4 is 20.4 Å². The van der Waals surface area contributed by atoms with Crippen molar-refractivity contribution >= 4 is 29.4 Å². The fourth-order valence-corrected chi connectivity index (χ4v) is 3.34. The molecule has 164 valence electrons. The molecule has 0 aromatic carbocycles. The molecule has 0 radical (unpaired) electrons. The Balaban J connectivity index is 1.85. The number of likely N-dealkylation sites (N-methyl/N-ethyl adjacent to an activating group) is 1. The van der Waals surface area contributed by atoms with E-state index in [9.17, 15) is 27.6 Å². The number of pyridine rings is 1. The molecular formula is C18H23F3N6O3. The summed E-state index contributed by atoms with van der Waals surface area (Å²) in [5.41, 5.74) is 0.382. The molecule has 0 saturated carbocycles. The van der Waals surface area contributed by atoms with Crippen LogP contribution in [0.25, 0.3) is 0 Å². The van der Waals surface area contributed by atoms with E-state index in [4.69, 9.17) is 0 Å². The molecular weight excluding hydrogens is 405 g/mol. The van der Waals surface area contributed by atoms with Crippen molar-refractivity contribution in [3.8, 4) is 0 Å². The Morgan fingerprint density at radius 2 is 2.00 bits per heavy atom. The van der Waals surface area contributed by atoms with E-state index in [1.54, 1.807) is 20.2 Å². The van der Waals surface area contributed by atoms with Crippen LogP contribution in [0, 0.1) is 0 Å². The van der Waals surface area contributed by atoms with Gasteiger partial charge in [0.1, 0.15) is 11.7 Å². The molecule has 30 heavy (non-hydrogen) atoms. The Bertz CT molecular complexity index is 860. The van der Waals surface area contributed by atoms with E-state index >= 15 is 0 Å². The Kier molecular flexibility index (Phi) is 5.77. The summed E-state index contributed by atoms with van der Waals surface area (Å²) >= 11 is 0. The number of hydrogen-bond acceptors (Lipinski definition) is 5. The van der Waals surface area contributed by atoms with Crippen molar-refractivity contribution in [3.05, 3.63) is 17.8 Å². The predicted octanol–water partition coefficient (Wildman–Crippen LogP) is 0.959. The third-order valence-electron chi connectivity index (χ3n) is 5.13. The zero-order valence-corrected chi connectivity index (χ0v) is 16.8. The van der Waals surface area contributed by atoms with Gasteiger partial charge >= 0.3 is 12.2 Å². The van der Waals surface area contributed by atoms with Gasteiger partial charge in [0.25, 0.3) is 5.91 Å². The standard InChI is InChI=1S/C18H23F3N6O3/c1-10(18(19,20)21)23-16(29)12-4-5-13-15(24-12)27(11-6-7-26(13)9-11)17(30)22-8-14(28)25(2)3/h4-5,10-11H,6-9H2,1-3H3,(H,22,30)(H,23,29)/t10?,11-/m0/s1. The third kappa shape index (κ3) is 4.26. The van der Waals surface area contributed by atoms with Crippen LogP contribution >= 0.6 is 0 Å². The minimum atomic E-state index is -4.58. The van der Waals surface area contributed by atoms with Gasteiger partial charge in [-0.25, -0.2) is 9.78 Å². The fourth-order valence-electron chi connectivity index (χ4n) is 3.34. The molecule has 0 spiro atoms. The van der Waals surface area contributed by atoms with E-state index < -0.39 is 24.2 Å². The number of halogens is 3. The van der Waals surface area contributed by atoms with E-state index in [1.807, 2.05) is 10.2 Å². The highest BCUT2D eigenvalue weighted by atomic mass is 19.4. The molecule has 1 aromatic rings. The summed E-state index contributed by atoms with van der Waals surface area (Å²) in [5.74, 6) is -1.10. The summed E-state index contributed by atoms with van der Waals surface area (Å²) in [7, 11) is 3.13.